The highest BCUT2D eigenvalue weighted by molar-refractivity contribution is 7.99. The number of hydrazine groups is 1. The van der Waals surface area contributed by atoms with Crippen molar-refractivity contribution in [2.45, 2.75) is 18.2 Å². The lowest BCUT2D eigenvalue weighted by atomic mass is 10.2. The molecule has 0 fully saturated rings. The molecule has 0 aromatic heterocycles. The summed E-state index contributed by atoms with van der Waals surface area (Å²) in [6.45, 7) is 2.12. The first-order valence-electron chi connectivity index (χ1n) is 4.45. The van der Waals surface area contributed by atoms with Gasteiger partial charge in [-0.2, -0.15) is 5.26 Å². The van der Waals surface area contributed by atoms with Crippen LogP contribution in [0.1, 0.15) is 18.9 Å². The van der Waals surface area contributed by atoms with E-state index in [1.807, 2.05) is 6.07 Å². The van der Waals surface area contributed by atoms with Gasteiger partial charge in [-0.25, -0.2) is 0 Å². The van der Waals surface area contributed by atoms with Crippen LogP contribution in [0, 0.1) is 11.3 Å². The Morgan fingerprint density at radius 1 is 1.57 bits per heavy atom. The zero-order valence-corrected chi connectivity index (χ0v) is 8.90. The number of nitrogens with two attached hydrogens (primary N) is 1. The summed E-state index contributed by atoms with van der Waals surface area (Å²) in [6.07, 6.45) is 1.09. The van der Waals surface area contributed by atoms with Gasteiger partial charge in [-0.1, -0.05) is 6.92 Å². The highest BCUT2D eigenvalue weighted by Crippen LogP contribution is 2.25. The quantitative estimate of drug-likeness (QED) is 0.452. The van der Waals surface area contributed by atoms with E-state index >= 15 is 0 Å². The highest BCUT2D eigenvalue weighted by Gasteiger charge is 2.02. The van der Waals surface area contributed by atoms with E-state index in [1.54, 1.807) is 23.9 Å². The second kappa shape index (κ2) is 5.53. The molecule has 0 amide bonds. The van der Waals surface area contributed by atoms with Crippen LogP contribution in [0.15, 0.2) is 23.1 Å². The predicted octanol–water partition coefficient (Wildman–Crippen LogP) is 2.35. The van der Waals surface area contributed by atoms with Gasteiger partial charge in [0.15, 0.2) is 0 Å². The molecule has 1 aromatic carbocycles. The molecule has 3 N–H and O–H groups in total. The minimum atomic E-state index is 0.711. The molecule has 0 aliphatic rings. The summed E-state index contributed by atoms with van der Waals surface area (Å²) in [5.41, 5.74) is 4.12. The summed E-state index contributed by atoms with van der Waals surface area (Å²) in [5.74, 6) is 6.31. The van der Waals surface area contributed by atoms with Crippen LogP contribution in [-0.2, 0) is 0 Å². The van der Waals surface area contributed by atoms with Gasteiger partial charge in [0.25, 0.3) is 0 Å². The molecule has 74 valence electrons. The van der Waals surface area contributed by atoms with Crippen LogP contribution in [0.5, 0.6) is 0 Å². The first kappa shape index (κ1) is 10.9. The van der Waals surface area contributed by atoms with Gasteiger partial charge >= 0.3 is 0 Å². The summed E-state index contributed by atoms with van der Waals surface area (Å²) in [4.78, 5) is 0.991. The average molecular weight is 207 g/mol. The van der Waals surface area contributed by atoms with E-state index in [-0.39, 0.29) is 0 Å². The Morgan fingerprint density at radius 3 is 2.93 bits per heavy atom. The first-order valence-corrected chi connectivity index (χ1v) is 5.44. The topological polar surface area (TPSA) is 61.8 Å². The lowest BCUT2D eigenvalue weighted by Gasteiger charge is -2.05. The molecule has 4 heteroatoms. The zero-order valence-electron chi connectivity index (χ0n) is 8.08. The standard InChI is InChI=1S/C10H13N3S/c1-2-5-14-10-6-9(13-12)4-3-8(10)7-11/h3-4,6,13H,2,5,12H2,1H3. The van der Waals surface area contributed by atoms with Crippen molar-refractivity contribution in [2.75, 3.05) is 11.2 Å². The lowest BCUT2D eigenvalue weighted by molar-refractivity contribution is 1.10. The molecule has 0 bridgehead atoms. The third-order valence-corrected chi connectivity index (χ3v) is 2.99. The van der Waals surface area contributed by atoms with E-state index in [0.29, 0.717) is 5.56 Å². The van der Waals surface area contributed by atoms with Crippen molar-refractivity contribution in [3.63, 3.8) is 0 Å². The first-order chi connectivity index (χ1) is 6.81. The maximum atomic E-state index is 8.87. The Hall–Kier alpha value is -1.18. The van der Waals surface area contributed by atoms with Gasteiger partial charge in [0.2, 0.25) is 0 Å². The molecule has 0 saturated carbocycles. The number of nitrogens with zero attached hydrogens (tertiary/aromatic N) is 1. The van der Waals surface area contributed by atoms with Crippen molar-refractivity contribution in [3.05, 3.63) is 23.8 Å². The van der Waals surface area contributed by atoms with Crippen molar-refractivity contribution in [3.8, 4) is 6.07 Å². The molecule has 3 nitrogen and oxygen atoms in total. The number of hydrogen-bond donors (Lipinski definition) is 2. The van der Waals surface area contributed by atoms with Gasteiger partial charge in [0.1, 0.15) is 6.07 Å². The molecule has 0 heterocycles. The van der Waals surface area contributed by atoms with Crippen molar-refractivity contribution in [2.24, 2.45) is 5.84 Å². The minimum Gasteiger partial charge on any atom is -0.324 e. The fourth-order valence-corrected chi connectivity index (χ4v) is 1.94. The summed E-state index contributed by atoms with van der Waals surface area (Å²) in [5, 5.41) is 8.87. The average Bonchev–Trinajstić information content (AvgIpc) is 2.25. The molecule has 1 rings (SSSR count). The largest absolute Gasteiger partial charge is 0.324 e. The van der Waals surface area contributed by atoms with Gasteiger partial charge in [-0.3, -0.25) is 5.84 Å². The van der Waals surface area contributed by atoms with Crippen LogP contribution in [0.25, 0.3) is 0 Å². The Labute approximate surface area is 88.3 Å². The molecular weight excluding hydrogens is 194 g/mol. The van der Waals surface area contributed by atoms with E-state index < -0.39 is 0 Å². The van der Waals surface area contributed by atoms with Crippen molar-refractivity contribution in [1.29, 1.82) is 5.26 Å². The van der Waals surface area contributed by atoms with Gasteiger partial charge in [0.05, 0.1) is 5.56 Å². The summed E-state index contributed by atoms with van der Waals surface area (Å²) >= 11 is 1.68. The third kappa shape index (κ3) is 2.66. The van der Waals surface area contributed by atoms with Gasteiger partial charge in [-0.15, -0.1) is 11.8 Å². The maximum Gasteiger partial charge on any atom is 0.100 e. The van der Waals surface area contributed by atoms with Gasteiger partial charge in [0, 0.05) is 10.6 Å². The minimum absolute atomic E-state index is 0.711. The monoisotopic (exact) mass is 207 g/mol. The number of nitriles is 1. The Bertz CT molecular complexity index is 344. The SMILES string of the molecule is CCCSc1cc(NN)ccc1C#N. The van der Waals surface area contributed by atoms with Crippen LogP contribution < -0.4 is 11.3 Å². The van der Waals surface area contributed by atoms with Crippen LogP contribution in [0.3, 0.4) is 0 Å². The van der Waals surface area contributed by atoms with E-state index in [4.69, 9.17) is 11.1 Å². The highest BCUT2D eigenvalue weighted by atomic mass is 32.2. The molecule has 14 heavy (non-hydrogen) atoms. The second-order valence-electron chi connectivity index (χ2n) is 2.82. The number of nitrogen functional groups attached to an aromatic ring is 1. The molecule has 0 aliphatic carbocycles. The Kier molecular flexibility index (Phi) is 4.30. The Balaban J connectivity index is 2.91. The molecule has 0 atom stereocenters. The maximum absolute atomic E-state index is 8.87. The molecule has 0 spiro atoms. The zero-order chi connectivity index (χ0) is 10.4. The van der Waals surface area contributed by atoms with Crippen molar-refractivity contribution < 1.29 is 0 Å². The lowest BCUT2D eigenvalue weighted by Crippen LogP contribution is -2.06. The van der Waals surface area contributed by atoms with E-state index in [1.165, 1.54) is 0 Å². The van der Waals surface area contributed by atoms with Crippen molar-refractivity contribution in [1.82, 2.24) is 0 Å². The van der Waals surface area contributed by atoms with E-state index in [2.05, 4.69) is 18.4 Å². The predicted molar refractivity (Wildman–Crippen MR) is 60.0 cm³/mol. The third-order valence-electron chi connectivity index (χ3n) is 1.73. The fraction of sp³-hybridized carbons (Fsp3) is 0.300. The summed E-state index contributed by atoms with van der Waals surface area (Å²) < 4.78 is 0. The molecule has 0 aliphatic heterocycles. The normalized spacial score (nSPS) is 9.50. The van der Waals surface area contributed by atoms with Gasteiger partial charge in [-0.05, 0) is 30.4 Å². The van der Waals surface area contributed by atoms with Crippen LogP contribution in [0.2, 0.25) is 0 Å². The molecular formula is C10H13N3S. The van der Waals surface area contributed by atoms with E-state index in [0.717, 1.165) is 22.8 Å². The van der Waals surface area contributed by atoms with Crippen LogP contribution in [-0.4, -0.2) is 5.75 Å². The van der Waals surface area contributed by atoms with Crippen LogP contribution >= 0.6 is 11.8 Å². The molecule has 0 unspecified atom stereocenters. The second-order valence-corrected chi connectivity index (χ2v) is 3.95. The molecule has 0 radical (unpaired) electrons. The molecule has 1 aromatic rings. The smallest absolute Gasteiger partial charge is 0.100 e. The Morgan fingerprint density at radius 2 is 2.36 bits per heavy atom. The summed E-state index contributed by atoms with van der Waals surface area (Å²) in [6, 6.07) is 7.65. The number of hydrogen-bond acceptors (Lipinski definition) is 4. The van der Waals surface area contributed by atoms with E-state index in [9.17, 15) is 0 Å². The van der Waals surface area contributed by atoms with Crippen LogP contribution in [0.4, 0.5) is 5.69 Å². The fourth-order valence-electron chi connectivity index (χ4n) is 1.04. The number of nitrogens with one attached hydrogen (secondary N) is 1. The van der Waals surface area contributed by atoms with Gasteiger partial charge < -0.3 is 5.43 Å². The summed E-state index contributed by atoms with van der Waals surface area (Å²) in [7, 11) is 0. The number of rotatable bonds is 4. The number of anilines is 1. The number of benzene rings is 1. The number of thioether (sulfide) groups is 1. The molecule has 0 saturated heterocycles. The van der Waals surface area contributed by atoms with Crippen molar-refractivity contribution >= 4 is 17.4 Å².